The van der Waals surface area contributed by atoms with Gasteiger partial charge in [0.05, 0.1) is 17.4 Å². The Kier molecular flexibility index (Phi) is 3.74. The lowest BCUT2D eigenvalue weighted by atomic mass is 9.85. The Labute approximate surface area is 122 Å². The summed E-state index contributed by atoms with van der Waals surface area (Å²) in [6, 6.07) is 1.88. The van der Waals surface area contributed by atoms with Crippen molar-refractivity contribution in [2.24, 2.45) is 11.8 Å². The van der Waals surface area contributed by atoms with Crippen molar-refractivity contribution in [3.05, 3.63) is 24.0 Å². The van der Waals surface area contributed by atoms with Gasteiger partial charge in [0.25, 0.3) is 5.91 Å². The van der Waals surface area contributed by atoms with Crippen molar-refractivity contribution in [1.82, 2.24) is 15.2 Å². The molecular formula is C14H19N5O2. The van der Waals surface area contributed by atoms with Crippen LogP contribution in [0.15, 0.2) is 18.5 Å². The minimum Gasteiger partial charge on any atom is -0.353 e. The average molecular weight is 289 g/mol. The second-order valence-electron chi connectivity index (χ2n) is 5.58. The molecule has 112 valence electrons. The number of hydrazine groups is 1. The molecule has 21 heavy (non-hydrogen) atoms. The molecule has 2 aliphatic heterocycles. The van der Waals surface area contributed by atoms with E-state index in [0.717, 1.165) is 12.8 Å². The summed E-state index contributed by atoms with van der Waals surface area (Å²) in [4.78, 5) is 29.9. The summed E-state index contributed by atoms with van der Waals surface area (Å²) in [5, 5.41) is 3.02. The Morgan fingerprint density at radius 2 is 2.33 bits per heavy atom. The summed E-state index contributed by atoms with van der Waals surface area (Å²) in [5.74, 6) is 5.86. The number of pyridine rings is 1. The Morgan fingerprint density at radius 1 is 1.48 bits per heavy atom. The molecule has 0 aromatic carbocycles. The zero-order chi connectivity index (χ0) is 14.8. The van der Waals surface area contributed by atoms with Crippen LogP contribution in [0.3, 0.4) is 0 Å². The first kappa shape index (κ1) is 13.8. The van der Waals surface area contributed by atoms with Gasteiger partial charge in [0, 0.05) is 31.7 Å². The smallest absolute Gasteiger partial charge is 0.256 e. The number of fused-ring (bicyclic) bond motifs is 1. The molecule has 2 atom stereocenters. The van der Waals surface area contributed by atoms with Crippen molar-refractivity contribution in [3.63, 3.8) is 0 Å². The number of rotatable bonds is 2. The molecule has 7 nitrogen and oxygen atoms in total. The van der Waals surface area contributed by atoms with Crippen LogP contribution in [-0.4, -0.2) is 40.8 Å². The molecule has 0 bridgehead atoms. The van der Waals surface area contributed by atoms with Gasteiger partial charge in [0.15, 0.2) is 0 Å². The van der Waals surface area contributed by atoms with E-state index in [4.69, 9.17) is 5.84 Å². The standard InChI is InChI=1S/C14H19N5O2/c15-18-12-7-16-5-3-10(12)14(21)19-6-4-11-9(8-19)1-2-13(20)17-11/h3,5,7,9,11,18H,1-2,4,6,8,15H2,(H,17,20). The molecule has 3 heterocycles. The van der Waals surface area contributed by atoms with Crippen LogP contribution in [0, 0.1) is 5.92 Å². The van der Waals surface area contributed by atoms with E-state index in [-0.39, 0.29) is 17.9 Å². The van der Waals surface area contributed by atoms with E-state index in [9.17, 15) is 9.59 Å². The minimum absolute atomic E-state index is 0.0410. The van der Waals surface area contributed by atoms with E-state index < -0.39 is 0 Å². The maximum absolute atomic E-state index is 12.6. The number of carbonyl (C=O) groups excluding carboxylic acids is 2. The fourth-order valence-corrected chi connectivity index (χ4v) is 3.16. The highest BCUT2D eigenvalue weighted by Crippen LogP contribution is 2.27. The molecule has 0 aliphatic carbocycles. The van der Waals surface area contributed by atoms with Crippen LogP contribution < -0.4 is 16.6 Å². The summed E-state index contributed by atoms with van der Waals surface area (Å²) in [7, 11) is 0. The largest absolute Gasteiger partial charge is 0.353 e. The second-order valence-corrected chi connectivity index (χ2v) is 5.58. The summed E-state index contributed by atoms with van der Waals surface area (Å²) < 4.78 is 0. The summed E-state index contributed by atoms with van der Waals surface area (Å²) in [6.07, 6.45) is 5.33. The monoisotopic (exact) mass is 289 g/mol. The Hall–Kier alpha value is -2.15. The van der Waals surface area contributed by atoms with Gasteiger partial charge in [-0.25, -0.2) is 0 Å². The molecular weight excluding hydrogens is 270 g/mol. The van der Waals surface area contributed by atoms with E-state index >= 15 is 0 Å². The number of nitrogens with one attached hydrogen (secondary N) is 2. The predicted octanol–water partition coefficient (Wildman–Crippen LogP) is 0.108. The van der Waals surface area contributed by atoms with Crippen LogP contribution in [-0.2, 0) is 4.79 Å². The van der Waals surface area contributed by atoms with Gasteiger partial charge in [-0.2, -0.15) is 0 Å². The quantitative estimate of drug-likeness (QED) is 0.530. The molecule has 0 radical (unpaired) electrons. The van der Waals surface area contributed by atoms with E-state index in [2.05, 4.69) is 15.7 Å². The molecule has 2 aliphatic rings. The molecule has 2 saturated heterocycles. The van der Waals surface area contributed by atoms with Gasteiger partial charge < -0.3 is 15.6 Å². The predicted molar refractivity (Wildman–Crippen MR) is 77.2 cm³/mol. The highest BCUT2D eigenvalue weighted by atomic mass is 16.2. The lowest BCUT2D eigenvalue weighted by Crippen LogP contribution is -2.55. The second kappa shape index (κ2) is 5.69. The van der Waals surface area contributed by atoms with Crippen LogP contribution in [0.1, 0.15) is 29.6 Å². The molecule has 7 heteroatoms. The number of hydrogen-bond acceptors (Lipinski definition) is 5. The van der Waals surface area contributed by atoms with Gasteiger partial charge in [0.2, 0.25) is 5.91 Å². The number of carbonyl (C=O) groups is 2. The molecule has 2 fully saturated rings. The van der Waals surface area contributed by atoms with Gasteiger partial charge in [-0.05, 0) is 24.8 Å². The molecule has 3 rings (SSSR count). The van der Waals surface area contributed by atoms with Gasteiger partial charge >= 0.3 is 0 Å². The third-order valence-electron chi connectivity index (χ3n) is 4.32. The zero-order valence-electron chi connectivity index (χ0n) is 11.7. The number of hydrogen-bond donors (Lipinski definition) is 3. The number of nitrogens with two attached hydrogens (primary N) is 1. The molecule has 1 aromatic rings. The van der Waals surface area contributed by atoms with Crippen LogP contribution >= 0.6 is 0 Å². The van der Waals surface area contributed by atoms with Gasteiger partial charge in [-0.15, -0.1) is 0 Å². The number of aromatic nitrogens is 1. The minimum atomic E-state index is -0.0410. The first-order valence-electron chi connectivity index (χ1n) is 7.18. The molecule has 2 amide bonds. The molecule has 0 spiro atoms. The van der Waals surface area contributed by atoms with Gasteiger partial charge in [-0.1, -0.05) is 0 Å². The van der Waals surface area contributed by atoms with Crippen LogP contribution in [0.4, 0.5) is 5.69 Å². The molecule has 1 aromatic heterocycles. The number of amides is 2. The zero-order valence-corrected chi connectivity index (χ0v) is 11.7. The van der Waals surface area contributed by atoms with Crippen LogP contribution in [0.25, 0.3) is 0 Å². The van der Waals surface area contributed by atoms with E-state index in [1.807, 2.05) is 4.90 Å². The first-order valence-corrected chi connectivity index (χ1v) is 7.18. The van der Waals surface area contributed by atoms with E-state index in [0.29, 0.717) is 36.7 Å². The Balaban J connectivity index is 1.73. The Morgan fingerprint density at radius 3 is 3.14 bits per heavy atom. The van der Waals surface area contributed by atoms with E-state index in [1.165, 1.54) is 0 Å². The molecule has 0 saturated carbocycles. The third kappa shape index (κ3) is 2.69. The van der Waals surface area contributed by atoms with Crippen molar-refractivity contribution >= 4 is 17.5 Å². The molecule has 4 N–H and O–H groups in total. The normalized spacial score (nSPS) is 25.0. The van der Waals surface area contributed by atoms with Crippen molar-refractivity contribution in [3.8, 4) is 0 Å². The SMILES string of the molecule is NNc1cnccc1C(=O)N1CCC2NC(=O)CCC2C1. The van der Waals surface area contributed by atoms with Crippen LogP contribution in [0.5, 0.6) is 0 Å². The number of nitrogens with zero attached hydrogens (tertiary/aromatic N) is 2. The van der Waals surface area contributed by atoms with Gasteiger partial charge in [0.1, 0.15) is 0 Å². The molecule has 2 unspecified atom stereocenters. The maximum atomic E-state index is 12.6. The highest BCUT2D eigenvalue weighted by Gasteiger charge is 2.35. The fraction of sp³-hybridized carbons (Fsp3) is 0.500. The Bertz CT molecular complexity index is 562. The topological polar surface area (TPSA) is 100 Å². The average Bonchev–Trinajstić information content (AvgIpc) is 2.53. The summed E-state index contributed by atoms with van der Waals surface area (Å²) in [6.45, 7) is 1.32. The number of likely N-dealkylation sites (tertiary alicyclic amines) is 1. The van der Waals surface area contributed by atoms with Crippen molar-refractivity contribution in [2.75, 3.05) is 18.5 Å². The van der Waals surface area contributed by atoms with Crippen molar-refractivity contribution in [2.45, 2.75) is 25.3 Å². The van der Waals surface area contributed by atoms with E-state index in [1.54, 1.807) is 18.5 Å². The van der Waals surface area contributed by atoms with Crippen molar-refractivity contribution < 1.29 is 9.59 Å². The third-order valence-corrected chi connectivity index (χ3v) is 4.32. The lowest BCUT2D eigenvalue weighted by molar-refractivity contribution is -0.125. The summed E-state index contributed by atoms with van der Waals surface area (Å²) in [5.41, 5.74) is 3.57. The number of anilines is 1. The van der Waals surface area contributed by atoms with Gasteiger partial charge in [-0.3, -0.25) is 20.4 Å². The number of nitrogen functional groups attached to an aromatic ring is 1. The fourth-order valence-electron chi connectivity index (χ4n) is 3.16. The lowest BCUT2D eigenvalue weighted by Gasteiger charge is -2.41. The number of piperidine rings is 2. The summed E-state index contributed by atoms with van der Waals surface area (Å²) >= 11 is 0. The maximum Gasteiger partial charge on any atom is 0.256 e. The first-order chi connectivity index (χ1) is 10.2. The van der Waals surface area contributed by atoms with Crippen molar-refractivity contribution in [1.29, 1.82) is 0 Å². The highest BCUT2D eigenvalue weighted by molar-refractivity contribution is 5.99. The van der Waals surface area contributed by atoms with Crippen LogP contribution in [0.2, 0.25) is 0 Å².